The number of nitrogens with one attached hydrogen (secondary N) is 1. The minimum Gasteiger partial charge on any atom is -0.497 e. The molecule has 1 unspecified atom stereocenters. The predicted molar refractivity (Wildman–Crippen MR) is 76.5 cm³/mol. The fraction of sp³-hybridized carbons (Fsp3) is 0.533. The number of carbonyl (C=O) groups is 1. The minimum absolute atomic E-state index is 0.218. The van der Waals surface area contributed by atoms with Crippen LogP contribution in [0, 0.1) is 5.92 Å². The molecule has 0 aromatic heterocycles. The summed E-state index contributed by atoms with van der Waals surface area (Å²) < 4.78 is 10.0. The van der Waals surface area contributed by atoms with Crippen LogP contribution in [0.2, 0.25) is 0 Å². The maximum atomic E-state index is 11.9. The lowest BCUT2D eigenvalue weighted by atomic mass is 9.94. The summed E-state index contributed by atoms with van der Waals surface area (Å²) in [6, 6.07) is 7.22. The lowest BCUT2D eigenvalue weighted by molar-refractivity contribution is -0.142. The number of carbonyl (C=O) groups excluding carboxylic acids is 1. The second kappa shape index (κ2) is 7.67. The molecule has 0 aliphatic carbocycles. The van der Waals surface area contributed by atoms with Gasteiger partial charge in [0, 0.05) is 5.69 Å². The van der Waals surface area contributed by atoms with Gasteiger partial charge in [-0.3, -0.25) is 0 Å². The van der Waals surface area contributed by atoms with Crippen molar-refractivity contribution in [1.29, 1.82) is 0 Å². The van der Waals surface area contributed by atoms with Crippen LogP contribution in [0.4, 0.5) is 5.69 Å². The van der Waals surface area contributed by atoms with Gasteiger partial charge in [-0.15, -0.1) is 0 Å². The van der Waals surface area contributed by atoms with E-state index in [0.717, 1.165) is 24.3 Å². The van der Waals surface area contributed by atoms with Gasteiger partial charge in [0.05, 0.1) is 14.2 Å². The second-order valence-corrected chi connectivity index (χ2v) is 4.45. The van der Waals surface area contributed by atoms with Crippen molar-refractivity contribution in [3.63, 3.8) is 0 Å². The van der Waals surface area contributed by atoms with E-state index in [1.54, 1.807) is 7.11 Å². The molecule has 1 aromatic rings. The molecule has 0 fully saturated rings. The Morgan fingerprint density at radius 2 is 1.74 bits per heavy atom. The first-order valence-electron chi connectivity index (χ1n) is 6.64. The molecule has 19 heavy (non-hydrogen) atoms. The maximum absolute atomic E-state index is 11.9. The topological polar surface area (TPSA) is 47.6 Å². The summed E-state index contributed by atoms with van der Waals surface area (Å²) in [5.74, 6) is 0.835. The van der Waals surface area contributed by atoms with Gasteiger partial charge in [0.2, 0.25) is 0 Å². The van der Waals surface area contributed by atoms with Crippen molar-refractivity contribution in [2.24, 2.45) is 5.92 Å². The number of hydrogen-bond acceptors (Lipinski definition) is 4. The molecule has 1 aromatic carbocycles. The molecule has 4 nitrogen and oxygen atoms in total. The van der Waals surface area contributed by atoms with Crippen molar-refractivity contribution >= 4 is 11.7 Å². The summed E-state index contributed by atoms with van der Waals surface area (Å²) in [5, 5.41) is 3.25. The van der Waals surface area contributed by atoms with Crippen LogP contribution in [0.15, 0.2) is 24.3 Å². The summed E-state index contributed by atoms with van der Waals surface area (Å²) in [4.78, 5) is 11.9. The molecule has 1 atom stereocenters. The average Bonchev–Trinajstić information content (AvgIpc) is 2.47. The van der Waals surface area contributed by atoms with Crippen LogP contribution in [0.1, 0.15) is 26.7 Å². The largest absolute Gasteiger partial charge is 0.497 e. The lowest BCUT2D eigenvalue weighted by Crippen LogP contribution is -2.37. The van der Waals surface area contributed by atoms with Crippen molar-refractivity contribution in [3.8, 4) is 5.75 Å². The van der Waals surface area contributed by atoms with E-state index >= 15 is 0 Å². The number of benzene rings is 1. The van der Waals surface area contributed by atoms with Crippen molar-refractivity contribution in [2.75, 3.05) is 19.5 Å². The van der Waals surface area contributed by atoms with Crippen LogP contribution in [0.25, 0.3) is 0 Å². The van der Waals surface area contributed by atoms with Crippen molar-refractivity contribution < 1.29 is 14.3 Å². The Morgan fingerprint density at radius 1 is 1.16 bits per heavy atom. The molecule has 0 amide bonds. The number of methoxy groups -OCH3 is 2. The van der Waals surface area contributed by atoms with Crippen LogP contribution >= 0.6 is 0 Å². The number of ether oxygens (including phenoxy) is 2. The van der Waals surface area contributed by atoms with E-state index in [-0.39, 0.29) is 17.9 Å². The third-order valence-electron chi connectivity index (χ3n) is 3.39. The van der Waals surface area contributed by atoms with Gasteiger partial charge in [0.25, 0.3) is 0 Å². The molecule has 0 spiro atoms. The highest BCUT2D eigenvalue weighted by atomic mass is 16.5. The average molecular weight is 265 g/mol. The Kier molecular flexibility index (Phi) is 6.19. The van der Waals surface area contributed by atoms with Gasteiger partial charge in [-0.1, -0.05) is 26.7 Å². The van der Waals surface area contributed by atoms with Crippen LogP contribution in [0.3, 0.4) is 0 Å². The molecule has 0 saturated heterocycles. The molecule has 4 heteroatoms. The van der Waals surface area contributed by atoms with Crippen LogP contribution in [0.5, 0.6) is 5.75 Å². The molecule has 0 radical (unpaired) electrons. The van der Waals surface area contributed by atoms with E-state index in [1.807, 2.05) is 24.3 Å². The molecule has 106 valence electrons. The molecular formula is C15H23NO3. The molecule has 1 rings (SSSR count). The third kappa shape index (κ3) is 4.16. The summed E-state index contributed by atoms with van der Waals surface area (Å²) in [7, 11) is 3.05. The minimum atomic E-state index is -0.312. The fourth-order valence-electron chi connectivity index (χ4n) is 2.12. The van der Waals surface area contributed by atoms with E-state index < -0.39 is 0 Å². The SMILES string of the molecule is CCC(CC)C(Nc1ccc(OC)cc1)C(=O)OC. The van der Waals surface area contributed by atoms with Crippen LogP contribution < -0.4 is 10.1 Å². The van der Waals surface area contributed by atoms with Crippen LogP contribution in [-0.4, -0.2) is 26.2 Å². The van der Waals surface area contributed by atoms with Gasteiger partial charge in [0.1, 0.15) is 11.8 Å². The molecule has 0 bridgehead atoms. The Balaban J connectivity index is 2.83. The second-order valence-electron chi connectivity index (χ2n) is 4.45. The lowest BCUT2D eigenvalue weighted by Gasteiger charge is -2.25. The highest BCUT2D eigenvalue weighted by molar-refractivity contribution is 5.79. The Morgan fingerprint density at radius 3 is 2.16 bits per heavy atom. The molecule has 0 aliphatic heterocycles. The van der Waals surface area contributed by atoms with Gasteiger partial charge < -0.3 is 14.8 Å². The predicted octanol–water partition coefficient (Wildman–Crippen LogP) is 3.08. The monoisotopic (exact) mass is 265 g/mol. The quantitative estimate of drug-likeness (QED) is 0.770. The standard InChI is InChI=1S/C15H23NO3/c1-5-11(6-2)14(15(17)19-4)16-12-7-9-13(18-3)10-8-12/h7-11,14,16H,5-6H2,1-4H3. The molecule has 1 N–H and O–H groups in total. The number of esters is 1. The highest BCUT2D eigenvalue weighted by Crippen LogP contribution is 2.21. The molecule has 0 heterocycles. The Labute approximate surface area is 115 Å². The normalized spacial score (nSPS) is 12.1. The summed E-state index contributed by atoms with van der Waals surface area (Å²) in [5.41, 5.74) is 0.892. The number of hydrogen-bond donors (Lipinski definition) is 1. The molecule has 0 aliphatic rings. The zero-order chi connectivity index (χ0) is 14.3. The van der Waals surface area contributed by atoms with Gasteiger partial charge >= 0.3 is 5.97 Å². The van der Waals surface area contributed by atoms with Crippen molar-refractivity contribution in [2.45, 2.75) is 32.7 Å². The van der Waals surface area contributed by atoms with Crippen molar-refractivity contribution in [1.82, 2.24) is 0 Å². The zero-order valence-corrected chi connectivity index (χ0v) is 12.1. The van der Waals surface area contributed by atoms with E-state index in [4.69, 9.17) is 9.47 Å². The highest BCUT2D eigenvalue weighted by Gasteiger charge is 2.26. The zero-order valence-electron chi connectivity index (χ0n) is 12.1. The van der Waals surface area contributed by atoms with Gasteiger partial charge in [0.15, 0.2) is 0 Å². The Hall–Kier alpha value is -1.71. The van der Waals surface area contributed by atoms with Gasteiger partial charge in [-0.05, 0) is 30.2 Å². The Bertz CT molecular complexity index is 385. The molecule has 0 saturated carbocycles. The van der Waals surface area contributed by atoms with E-state index in [0.29, 0.717) is 0 Å². The smallest absolute Gasteiger partial charge is 0.328 e. The van der Waals surface area contributed by atoms with Gasteiger partial charge in [-0.25, -0.2) is 4.79 Å². The number of anilines is 1. The van der Waals surface area contributed by atoms with E-state index in [1.165, 1.54) is 7.11 Å². The fourth-order valence-corrected chi connectivity index (χ4v) is 2.12. The number of rotatable bonds is 7. The first-order valence-corrected chi connectivity index (χ1v) is 6.64. The first kappa shape index (κ1) is 15.3. The van der Waals surface area contributed by atoms with Gasteiger partial charge in [-0.2, -0.15) is 0 Å². The van der Waals surface area contributed by atoms with Crippen molar-refractivity contribution in [3.05, 3.63) is 24.3 Å². The van der Waals surface area contributed by atoms with E-state index in [2.05, 4.69) is 19.2 Å². The maximum Gasteiger partial charge on any atom is 0.328 e. The van der Waals surface area contributed by atoms with Crippen LogP contribution in [-0.2, 0) is 9.53 Å². The third-order valence-corrected chi connectivity index (χ3v) is 3.39. The summed E-state index contributed by atoms with van der Waals surface area (Å²) >= 11 is 0. The summed E-state index contributed by atoms with van der Waals surface area (Å²) in [6.07, 6.45) is 1.86. The first-order chi connectivity index (χ1) is 9.15. The van der Waals surface area contributed by atoms with E-state index in [9.17, 15) is 4.79 Å². The molecular weight excluding hydrogens is 242 g/mol. The summed E-state index contributed by atoms with van der Waals surface area (Å²) in [6.45, 7) is 4.17.